The molecule has 0 radical (unpaired) electrons. The van der Waals surface area contributed by atoms with Crippen molar-refractivity contribution in [2.24, 2.45) is 16.2 Å². The molecule has 77 heavy (non-hydrogen) atoms. The van der Waals surface area contributed by atoms with Crippen molar-refractivity contribution in [2.45, 2.75) is 235 Å². The molecule has 3 aliphatic rings. The largest absolute Gasteiger partial charge is 0.473 e. The molecule has 0 amide bonds. The Hall–Kier alpha value is -3.48. The second-order valence-electron chi connectivity index (χ2n) is 26.3. The Kier molecular flexibility index (Phi) is 21.5. The van der Waals surface area contributed by atoms with Crippen LogP contribution in [0, 0.1) is 16.2 Å². The molecule has 2 unspecified atom stereocenters. The van der Waals surface area contributed by atoms with E-state index in [2.05, 4.69) is 56.5 Å². The van der Waals surface area contributed by atoms with E-state index >= 15 is 0 Å². The molecule has 0 aliphatic carbocycles. The number of nitrogens with one attached hydrogen (secondary N) is 3. The molecule has 5 N–H and O–H groups in total. The predicted octanol–water partition coefficient (Wildman–Crippen LogP) is 7.68. The summed E-state index contributed by atoms with van der Waals surface area (Å²) in [6, 6.07) is 3.82. The molecule has 6 rings (SSSR count). The van der Waals surface area contributed by atoms with E-state index in [1.54, 1.807) is 41.5 Å². The third-order valence-electron chi connectivity index (χ3n) is 11.3. The fourth-order valence-corrected chi connectivity index (χ4v) is 12.4. The van der Waals surface area contributed by atoms with E-state index in [1.807, 2.05) is 41.5 Å². The van der Waals surface area contributed by atoms with Crippen molar-refractivity contribution in [2.75, 3.05) is 0 Å². The van der Waals surface area contributed by atoms with E-state index in [0.717, 1.165) is 6.42 Å². The molecule has 26 heteroatoms. The highest BCUT2D eigenvalue weighted by Crippen LogP contribution is 2.53. The summed E-state index contributed by atoms with van der Waals surface area (Å²) in [7, 11) is -4.33. The summed E-state index contributed by atoms with van der Waals surface area (Å²) in [6.45, 7) is 31.6. The van der Waals surface area contributed by atoms with Crippen molar-refractivity contribution >= 4 is 26.3 Å². The van der Waals surface area contributed by atoms with Crippen LogP contribution in [0.15, 0.2) is 65.6 Å². The van der Waals surface area contributed by atoms with Crippen LogP contribution in [-0.2, 0) is 53.4 Å². The lowest BCUT2D eigenvalue weighted by atomic mass is 9.87. The van der Waals surface area contributed by atoms with Gasteiger partial charge < -0.3 is 37.8 Å². The van der Waals surface area contributed by atoms with E-state index in [-0.39, 0.29) is 46.6 Å². The molecule has 3 saturated heterocycles. The zero-order chi connectivity index (χ0) is 58.7. The number of aromatic nitrogens is 6. The van der Waals surface area contributed by atoms with Gasteiger partial charge in [0.15, 0.2) is 0 Å². The van der Waals surface area contributed by atoms with Crippen molar-refractivity contribution in [1.82, 2.24) is 28.7 Å². The zero-order valence-corrected chi connectivity index (χ0v) is 50.7. The number of H-pyrrole nitrogens is 3. The Morgan fingerprint density at radius 3 is 1.09 bits per heavy atom. The van der Waals surface area contributed by atoms with E-state index in [4.69, 9.17) is 48.8 Å². The maximum atomic E-state index is 12.4. The van der Waals surface area contributed by atoms with Gasteiger partial charge in [0.25, 0.3) is 16.7 Å². The Morgan fingerprint density at radius 1 is 0.506 bits per heavy atom. The van der Waals surface area contributed by atoms with Gasteiger partial charge in [-0.2, -0.15) is 0 Å². The summed E-state index contributed by atoms with van der Waals surface area (Å²) in [5.74, 6) is 0. The van der Waals surface area contributed by atoms with Gasteiger partial charge in [0, 0.05) is 56.1 Å². The van der Waals surface area contributed by atoms with Crippen molar-refractivity contribution in [3.63, 3.8) is 0 Å². The van der Waals surface area contributed by atoms with Crippen molar-refractivity contribution < 1.29 is 51.4 Å². The van der Waals surface area contributed by atoms with Crippen LogP contribution in [0.5, 0.6) is 0 Å². The number of ether oxygens (including phenoxy) is 4. The van der Waals surface area contributed by atoms with Crippen LogP contribution < -0.4 is 33.7 Å². The average molecular weight is 1150 g/mol. The number of phosphoric acid groups is 1. The zero-order valence-electron chi connectivity index (χ0n) is 48.1. The fraction of sp³-hybridized carbons (Fsp3) is 0.765. The Morgan fingerprint density at radius 2 is 0.805 bits per heavy atom. The van der Waals surface area contributed by atoms with Crippen LogP contribution in [0.4, 0.5) is 0 Å². The minimum Gasteiger partial charge on any atom is -0.370 e. The third-order valence-corrected chi connectivity index (χ3v) is 14.4. The molecule has 0 bridgehead atoms. The highest BCUT2D eigenvalue weighted by Gasteiger charge is 2.46. The molecular formula is C51H86N6O17P2S. The van der Waals surface area contributed by atoms with Crippen LogP contribution in [0.3, 0.4) is 0 Å². The third kappa shape index (κ3) is 22.9. The van der Waals surface area contributed by atoms with E-state index in [9.17, 15) is 43.1 Å². The smallest absolute Gasteiger partial charge is 0.370 e. The molecule has 3 aromatic heterocycles. The number of hydrogen-bond acceptors (Lipinski definition) is 16. The maximum Gasteiger partial charge on any atom is 0.473 e. The molecule has 3 aromatic rings. The first kappa shape index (κ1) is 66.0. The van der Waals surface area contributed by atoms with Crippen molar-refractivity contribution in [3.8, 4) is 0 Å². The summed E-state index contributed by atoms with van der Waals surface area (Å²) >= 11 is 5.17. The van der Waals surface area contributed by atoms with Crippen LogP contribution >= 0.6 is 14.5 Å². The van der Waals surface area contributed by atoms with Gasteiger partial charge in [-0.25, -0.2) is 18.9 Å². The topological polar surface area (TPSA) is 296 Å². The Bertz CT molecular complexity index is 2750. The summed E-state index contributed by atoms with van der Waals surface area (Å²) in [5.41, 5.74) is -4.92. The van der Waals surface area contributed by atoms with Gasteiger partial charge in [0.2, 0.25) is 0 Å². The number of phosphoric ester groups is 1. The summed E-state index contributed by atoms with van der Waals surface area (Å²) in [6.07, 6.45) is 3.18. The number of rotatable bonds is 13. The fourth-order valence-electron chi connectivity index (χ4n) is 8.81. The molecule has 3 aliphatic heterocycles. The molecule has 0 spiro atoms. The minimum atomic E-state index is -4.33. The summed E-state index contributed by atoms with van der Waals surface area (Å²) in [4.78, 5) is 97.2. The first-order valence-corrected chi connectivity index (χ1v) is 29.9. The number of nitrogens with zero attached hydrogens (tertiary/aromatic N) is 3. The van der Waals surface area contributed by atoms with Crippen molar-refractivity contribution in [1.29, 1.82) is 0 Å². The van der Waals surface area contributed by atoms with Crippen LogP contribution in [0.25, 0.3) is 0 Å². The van der Waals surface area contributed by atoms with Crippen LogP contribution in [0.1, 0.15) is 182 Å². The number of aromatic amines is 3. The quantitative estimate of drug-likeness (QED) is 0.102. The monoisotopic (exact) mass is 1150 g/mol. The maximum absolute atomic E-state index is 12.4. The lowest BCUT2D eigenvalue weighted by Gasteiger charge is -2.31. The molecule has 0 saturated carbocycles. The minimum absolute atomic E-state index is 0.0694. The van der Waals surface area contributed by atoms with Gasteiger partial charge in [-0.05, 0) is 110 Å². The normalized spacial score (nSPS) is 26.0. The summed E-state index contributed by atoms with van der Waals surface area (Å²) in [5, 5.41) is 0. The van der Waals surface area contributed by atoms with Crippen molar-refractivity contribution in [3.05, 3.63) is 99.3 Å². The summed E-state index contributed by atoms with van der Waals surface area (Å²) < 4.78 is 62.6. The van der Waals surface area contributed by atoms with Gasteiger partial charge >= 0.3 is 31.6 Å². The second kappa shape index (κ2) is 25.1. The van der Waals surface area contributed by atoms with E-state index in [0.29, 0.717) is 25.7 Å². The molecule has 11 atom stereocenters. The standard InChI is InChI=1S/C17H29N2O7P.C17H29N2O6PS.C17H28N2O4/c1-16(2,3)10-12-11(25-27(22,23)26-17(4,5)6)9-14(24-12)19-8-7-13(20)18-15(19)21;1-16(2,3)10-12-11(24-26(22,27)25-17(4,5)6)9-14(23-12)19-8-7-13(20)18-15(19)21;1-16(2,3)10-12-11(23-17(4,5)6)9-14(22-12)19-8-7-13(20)18-15(19)21/h7-8,11-12,14H,9-10H2,1-6H3,(H,22,23)(H,18,20,21);7-8,11-12,14H,9-10H2,1-6H3,(H,22,27)(H,18,20,21);7-8,11-12,14H,9-10H2,1-6H3,(H,18,20,21)/t11-,12-,14-;11-,12-,14-,26?;11-,12-,14-/m111/s1. The lowest BCUT2D eigenvalue weighted by molar-refractivity contribution is -0.102. The Balaban J connectivity index is 0.000000250. The SMILES string of the molecule is CC(C)(C)C[C@H]1O[C@@H](n2ccc(=O)[nH]c2=O)C[C@H]1OC(C)(C)C.CC(C)(C)C[C@H]1O[C@@H](n2ccc(=O)[nH]c2=O)C[C@H]1OP(=O)(O)OC(C)(C)C.CC(C)(C)C[C@H]1O[C@@H](n2ccc(=O)[nH]c2=O)C[C@H]1OP(O)(=S)OC(C)(C)C. The van der Waals surface area contributed by atoms with E-state index in [1.165, 1.54) is 50.5 Å². The van der Waals surface area contributed by atoms with Gasteiger partial charge in [-0.1, -0.05) is 62.3 Å². The highest BCUT2D eigenvalue weighted by atomic mass is 32.5. The lowest BCUT2D eigenvalue weighted by Crippen LogP contribution is -2.35. The predicted molar refractivity (Wildman–Crippen MR) is 294 cm³/mol. The van der Waals surface area contributed by atoms with Crippen LogP contribution in [0.2, 0.25) is 0 Å². The number of hydrogen-bond donors (Lipinski definition) is 5. The van der Waals surface area contributed by atoms with E-state index < -0.39 is 96.5 Å². The van der Waals surface area contributed by atoms with Gasteiger partial charge in [0.05, 0.1) is 53.4 Å². The molecular weight excluding hydrogens is 1060 g/mol. The molecule has 438 valence electrons. The van der Waals surface area contributed by atoms with Crippen LogP contribution in [-0.4, -0.2) is 91.9 Å². The van der Waals surface area contributed by atoms with Gasteiger partial charge in [0.1, 0.15) is 18.7 Å². The van der Waals surface area contributed by atoms with Gasteiger partial charge in [-0.15, -0.1) is 0 Å². The highest BCUT2D eigenvalue weighted by molar-refractivity contribution is 8.07. The second-order valence-corrected chi connectivity index (χ2v) is 30.4. The molecule has 6 heterocycles. The van der Waals surface area contributed by atoms with Gasteiger partial charge in [-0.3, -0.25) is 52.1 Å². The molecule has 0 aromatic carbocycles. The Labute approximate surface area is 455 Å². The molecule has 3 fully saturated rings. The average Bonchev–Trinajstić information content (AvgIpc) is 3.86. The molecule has 23 nitrogen and oxygen atoms in total. The first-order valence-electron chi connectivity index (χ1n) is 25.8. The first-order chi connectivity index (χ1) is 34.7.